The average molecular weight is 597 g/mol. The van der Waals surface area contributed by atoms with Crippen LogP contribution in [0.4, 0.5) is 0 Å². The van der Waals surface area contributed by atoms with Crippen LogP contribution in [-0.2, 0) is 7.05 Å². The van der Waals surface area contributed by atoms with E-state index in [2.05, 4.69) is 22.9 Å². The molecule has 1 heterocycles. The number of pyridine rings is 1. The van der Waals surface area contributed by atoms with Gasteiger partial charge in [0.25, 0.3) is 17.4 Å². The number of methoxy groups -OCH3 is 1. The van der Waals surface area contributed by atoms with Crippen LogP contribution in [0.15, 0.2) is 23.0 Å². The van der Waals surface area contributed by atoms with Crippen LogP contribution < -0.4 is 26.2 Å². The number of phenols is 2. The van der Waals surface area contributed by atoms with Crippen molar-refractivity contribution >= 4 is 11.8 Å². The Balaban J connectivity index is 1.41. The van der Waals surface area contributed by atoms with Crippen LogP contribution in [0.5, 0.6) is 23.0 Å². The summed E-state index contributed by atoms with van der Waals surface area (Å²) in [5.41, 5.74) is 0.587. The van der Waals surface area contributed by atoms with Gasteiger partial charge in [0.15, 0.2) is 17.2 Å². The van der Waals surface area contributed by atoms with Gasteiger partial charge in [-0.25, -0.2) is 0 Å². The minimum absolute atomic E-state index is 0.00292. The van der Waals surface area contributed by atoms with Crippen LogP contribution in [0.3, 0.4) is 0 Å². The molecule has 0 fully saturated rings. The topological polar surface area (TPSA) is 162 Å². The molecule has 0 saturated carbocycles. The third kappa shape index (κ3) is 6.36. The van der Waals surface area contributed by atoms with Crippen LogP contribution in [0.25, 0.3) is 0 Å². The number of hydrogen-bond donors (Lipinski definition) is 6. The van der Waals surface area contributed by atoms with Crippen molar-refractivity contribution in [2.24, 2.45) is 7.05 Å². The van der Waals surface area contributed by atoms with Crippen LogP contribution in [-0.4, -0.2) is 64.0 Å². The highest BCUT2D eigenvalue weighted by atomic mass is 16.5. The molecule has 2 amide bonds. The third-order valence-corrected chi connectivity index (χ3v) is 8.81. The Labute approximate surface area is 252 Å². The first-order valence-electron chi connectivity index (χ1n) is 15.0. The molecule has 2 aromatic rings. The number of carbonyl (C=O) groups is 2. The van der Waals surface area contributed by atoms with E-state index in [1.807, 2.05) is 19.1 Å². The number of fused-ring (bicyclic) bond motifs is 5. The summed E-state index contributed by atoms with van der Waals surface area (Å²) in [6, 6.07) is 1.48. The number of rotatable bonds is 14. The van der Waals surface area contributed by atoms with Crippen molar-refractivity contribution in [3.63, 3.8) is 0 Å². The molecule has 2 aliphatic rings. The van der Waals surface area contributed by atoms with Crippen LogP contribution >= 0.6 is 0 Å². The van der Waals surface area contributed by atoms with Gasteiger partial charge in [-0.1, -0.05) is 44.8 Å². The van der Waals surface area contributed by atoms with Gasteiger partial charge >= 0.3 is 0 Å². The van der Waals surface area contributed by atoms with Crippen molar-refractivity contribution in [3.05, 3.63) is 56.5 Å². The number of nitrogens with one attached hydrogen (secondary N) is 3. The fourth-order valence-corrected chi connectivity index (χ4v) is 6.19. The quantitative estimate of drug-likeness (QED) is 0.110. The second-order valence-electron chi connectivity index (χ2n) is 11.9. The molecule has 3 unspecified atom stereocenters. The van der Waals surface area contributed by atoms with Gasteiger partial charge in [-0.2, -0.15) is 0 Å². The van der Waals surface area contributed by atoms with E-state index in [1.54, 1.807) is 6.92 Å². The van der Waals surface area contributed by atoms with Gasteiger partial charge in [-0.15, -0.1) is 0 Å². The van der Waals surface area contributed by atoms with Gasteiger partial charge in [-0.05, 0) is 32.8 Å². The molecule has 3 atom stereocenters. The Morgan fingerprint density at radius 2 is 1.70 bits per heavy atom. The summed E-state index contributed by atoms with van der Waals surface area (Å²) >= 11 is 0. The zero-order valence-electron chi connectivity index (χ0n) is 25.7. The Morgan fingerprint density at radius 3 is 2.37 bits per heavy atom. The number of hydrogen-bond acceptors (Lipinski definition) is 8. The lowest BCUT2D eigenvalue weighted by Gasteiger charge is -2.32. The van der Waals surface area contributed by atoms with E-state index in [1.165, 1.54) is 24.8 Å². The molecular formula is C32H44N4O7. The second kappa shape index (κ2) is 13.1. The van der Waals surface area contributed by atoms with E-state index in [0.29, 0.717) is 17.8 Å². The van der Waals surface area contributed by atoms with E-state index in [4.69, 9.17) is 4.74 Å². The molecule has 0 radical (unpaired) electrons. The largest absolute Gasteiger partial charge is 0.504 e. The van der Waals surface area contributed by atoms with Gasteiger partial charge in [0.05, 0.1) is 12.7 Å². The zero-order chi connectivity index (χ0) is 31.5. The molecule has 11 heteroatoms. The molecular weight excluding hydrogens is 552 g/mol. The van der Waals surface area contributed by atoms with E-state index in [0.717, 1.165) is 44.1 Å². The number of carbonyl (C=O) groups excluding carboxylic acids is 2. The van der Waals surface area contributed by atoms with Crippen molar-refractivity contribution in [3.8, 4) is 23.0 Å². The SMILES string of the molecule is CCCCCCC(C)(CNC(=O)c1cc(C)n(C)c(=O)c1O)NCCNC(=O)c1c(O)c(O)c2c(c1OC)C1C=CC2C1. The van der Waals surface area contributed by atoms with Crippen molar-refractivity contribution in [2.45, 2.75) is 76.7 Å². The second-order valence-corrected chi connectivity index (χ2v) is 11.9. The maximum atomic E-state index is 13.2. The van der Waals surface area contributed by atoms with Crippen molar-refractivity contribution < 1.29 is 29.6 Å². The minimum Gasteiger partial charge on any atom is -0.504 e. The van der Waals surface area contributed by atoms with Crippen LogP contribution in [0.1, 0.15) is 102 Å². The highest BCUT2D eigenvalue weighted by molar-refractivity contribution is 6.02. The average Bonchev–Trinajstić information content (AvgIpc) is 3.61. The molecule has 1 aromatic carbocycles. The molecule has 4 rings (SSSR count). The number of amides is 2. The van der Waals surface area contributed by atoms with Gasteiger partial charge < -0.3 is 40.6 Å². The number of unbranched alkanes of at least 4 members (excludes halogenated alkanes) is 3. The molecule has 2 bridgehead atoms. The van der Waals surface area contributed by atoms with Gasteiger partial charge in [0.1, 0.15) is 11.3 Å². The number of phenolic OH excluding ortho intramolecular Hbond substituents is 2. The zero-order valence-corrected chi connectivity index (χ0v) is 25.7. The maximum Gasteiger partial charge on any atom is 0.293 e. The lowest BCUT2D eigenvalue weighted by Crippen LogP contribution is -2.53. The standard InChI is InChI=1S/C32H44N4O7/c1-6-7-8-9-12-32(3,17-34-29(40)21-15-18(2)36(4)31(42)25(21)37)35-14-13-33-30(41)24-27(39)26(38)22-19-10-11-20(16-19)23(22)28(24)43-5/h10-11,15,19-20,35,37-39H,6-9,12-14,16-17H2,1-5H3,(H,33,41)(H,34,40). The number of benzene rings is 1. The van der Waals surface area contributed by atoms with Crippen LogP contribution in [0.2, 0.25) is 0 Å². The van der Waals surface area contributed by atoms with Crippen LogP contribution in [0, 0.1) is 6.92 Å². The van der Waals surface area contributed by atoms with Gasteiger partial charge in [0.2, 0.25) is 0 Å². The van der Waals surface area contributed by atoms with Gasteiger partial charge in [-0.3, -0.25) is 14.4 Å². The van der Waals surface area contributed by atoms with Gasteiger partial charge in [0, 0.05) is 60.9 Å². The molecule has 234 valence electrons. The lowest BCUT2D eigenvalue weighted by molar-refractivity contribution is 0.0935. The smallest absolute Gasteiger partial charge is 0.293 e. The molecule has 0 spiro atoms. The number of ether oxygens (including phenoxy) is 1. The monoisotopic (exact) mass is 596 g/mol. The summed E-state index contributed by atoms with van der Waals surface area (Å²) in [7, 11) is 2.98. The van der Waals surface area contributed by atoms with Crippen molar-refractivity contribution in [1.82, 2.24) is 20.5 Å². The molecule has 1 aromatic heterocycles. The number of aromatic nitrogens is 1. The summed E-state index contributed by atoms with van der Waals surface area (Å²) in [6.45, 7) is 6.59. The van der Waals surface area contributed by atoms with E-state index in [9.17, 15) is 29.7 Å². The Morgan fingerprint density at radius 1 is 1.00 bits per heavy atom. The number of allylic oxidation sites excluding steroid dienone is 2. The first kappa shape index (κ1) is 31.9. The molecule has 11 nitrogen and oxygen atoms in total. The maximum absolute atomic E-state index is 13.2. The van der Waals surface area contributed by atoms with Crippen molar-refractivity contribution in [1.29, 1.82) is 0 Å². The predicted molar refractivity (Wildman–Crippen MR) is 163 cm³/mol. The predicted octanol–water partition coefficient (Wildman–Crippen LogP) is 3.44. The highest BCUT2D eigenvalue weighted by Gasteiger charge is 2.41. The summed E-state index contributed by atoms with van der Waals surface area (Å²) in [5.74, 6) is -2.15. The van der Waals surface area contributed by atoms with E-state index in [-0.39, 0.29) is 47.6 Å². The van der Waals surface area contributed by atoms with Crippen molar-refractivity contribution in [2.75, 3.05) is 26.7 Å². The molecule has 6 N–H and O–H groups in total. The Kier molecular flexibility index (Phi) is 9.74. The summed E-state index contributed by atoms with van der Waals surface area (Å²) in [5, 5.41) is 40.9. The van der Waals surface area contributed by atoms with E-state index >= 15 is 0 Å². The molecule has 2 aliphatic carbocycles. The fraction of sp³-hybridized carbons (Fsp3) is 0.531. The number of nitrogens with zero attached hydrogens (tertiary/aromatic N) is 1. The summed E-state index contributed by atoms with van der Waals surface area (Å²) in [6.07, 6.45) is 9.70. The summed E-state index contributed by atoms with van der Waals surface area (Å²) in [4.78, 5) is 38.5. The molecule has 0 aliphatic heterocycles. The highest BCUT2D eigenvalue weighted by Crippen LogP contribution is 2.58. The normalized spacial score (nSPS) is 17.9. The Bertz CT molecular complexity index is 1480. The first-order valence-corrected chi connectivity index (χ1v) is 15.0. The third-order valence-electron chi connectivity index (χ3n) is 8.81. The number of aryl methyl sites for hydroxylation is 1. The summed E-state index contributed by atoms with van der Waals surface area (Å²) < 4.78 is 6.86. The molecule has 43 heavy (non-hydrogen) atoms. The fourth-order valence-electron chi connectivity index (χ4n) is 6.19. The number of aromatic hydroxyl groups is 3. The molecule has 0 saturated heterocycles. The minimum atomic E-state index is -0.635. The Hall–Kier alpha value is -3.99. The lowest BCUT2D eigenvalue weighted by atomic mass is 9.91. The first-order chi connectivity index (χ1) is 20.4. The van der Waals surface area contributed by atoms with E-state index < -0.39 is 34.4 Å².